The molecule has 1 heterocycles. The number of benzene rings is 1. The Morgan fingerprint density at radius 3 is 2.48 bits per heavy atom. The molecule has 1 atom stereocenters. The van der Waals surface area contributed by atoms with Crippen LogP contribution >= 0.6 is 11.3 Å². The fourth-order valence-corrected chi connectivity index (χ4v) is 2.85. The Balaban J connectivity index is 2.03. The van der Waals surface area contributed by atoms with Crippen molar-refractivity contribution in [2.45, 2.75) is 18.9 Å². The summed E-state index contributed by atoms with van der Waals surface area (Å²) < 4.78 is 26.4. The molecule has 0 aliphatic heterocycles. The molecule has 0 bridgehead atoms. The molecule has 1 aromatic carbocycles. The molecule has 2 aromatic rings. The molecule has 1 unspecified atom stereocenters. The largest absolute Gasteiger partial charge is 0.357 e. The van der Waals surface area contributed by atoms with Gasteiger partial charge in [-0.1, -0.05) is 12.1 Å². The van der Waals surface area contributed by atoms with Gasteiger partial charge in [0.1, 0.15) is 6.04 Å². The lowest BCUT2D eigenvalue weighted by Crippen LogP contribution is -2.39. The van der Waals surface area contributed by atoms with Gasteiger partial charge in [-0.3, -0.25) is 14.4 Å². The van der Waals surface area contributed by atoms with Crippen LogP contribution in [0.3, 0.4) is 0 Å². The first-order chi connectivity index (χ1) is 11.9. The number of Topliss-reactive ketones (excluding diaryl/α,β-unsaturated/α-hetero) is 1. The lowest BCUT2D eigenvalue weighted by Gasteiger charge is -2.18. The Morgan fingerprint density at radius 2 is 1.88 bits per heavy atom. The third-order valence-corrected chi connectivity index (χ3v) is 4.38. The highest BCUT2D eigenvalue weighted by molar-refractivity contribution is 7.12. The number of thiophene rings is 1. The molecule has 0 radical (unpaired) electrons. The van der Waals surface area contributed by atoms with Crippen molar-refractivity contribution in [2.24, 2.45) is 0 Å². The van der Waals surface area contributed by atoms with E-state index in [4.69, 9.17) is 0 Å². The minimum Gasteiger partial charge on any atom is -0.357 e. The summed E-state index contributed by atoms with van der Waals surface area (Å²) in [4.78, 5) is 36.5. The molecule has 2 amide bonds. The summed E-state index contributed by atoms with van der Waals surface area (Å²) in [5.74, 6) is -3.46. The number of halogens is 2. The molecule has 1 aromatic heterocycles. The van der Waals surface area contributed by atoms with E-state index in [-0.39, 0.29) is 24.2 Å². The van der Waals surface area contributed by atoms with Gasteiger partial charge in [0, 0.05) is 19.9 Å². The fourth-order valence-electron chi connectivity index (χ4n) is 2.16. The highest BCUT2D eigenvalue weighted by Gasteiger charge is 2.23. The van der Waals surface area contributed by atoms with E-state index in [0.29, 0.717) is 4.88 Å². The van der Waals surface area contributed by atoms with E-state index in [1.807, 2.05) is 0 Å². The Morgan fingerprint density at radius 1 is 1.12 bits per heavy atom. The predicted octanol–water partition coefficient (Wildman–Crippen LogP) is 2.59. The minimum atomic E-state index is -1.18. The number of hydrogen-bond acceptors (Lipinski definition) is 4. The van der Waals surface area contributed by atoms with Gasteiger partial charge in [-0.2, -0.15) is 0 Å². The van der Waals surface area contributed by atoms with Crippen LogP contribution < -0.4 is 10.6 Å². The van der Waals surface area contributed by atoms with E-state index in [0.717, 1.165) is 12.1 Å². The van der Waals surface area contributed by atoms with Gasteiger partial charge in [0.25, 0.3) is 0 Å². The summed E-state index contributed by atoms with van der Waals surface area (Å²) >= 11 is 1.28. The highest BCUT2D eigenvalue weighted by Crippen LogP contribution is 2.18. The smallest absolute Gasteiger partial charge is 0.246 e. The third kappa shape index (κ3) is 4.93. The van der Waals surface area contributed by atoms with Gasteiger partial charge in [-0.25, -0.2) is 8.78 Å². The molecule has 0 saturated carbocycles. The maximum Gasteiger partial charge on any atom is 0.246 e. The summed E-state index contributed by atoms with van der Waals surface area (Å²) in [6.07, 6.45) is -0.126. The lowest BCUT2D eigenvalue weighted by atomic mass is 10.0. The SMILES string of the molecule is CNC(=O)C(NC(=O)CCC(=O)c1cccs1)c1ccc(F)c(F)c1. The van der Waals surface area contributed by atoms with Crippen LogP contribution in [0.25, 0.3) is 0 Å². The standard InChI is InChI=1S/C17H16F2N2O3S/c1-20-17(24)16(10-4-5-11(18)12(19)9-10)21-15(23)7-6-13(22)14-3-2-8-25-14/h2-5,8-9,16H,6-7H2,1H3,(H,20,24)(H,21,23). The van der Waals surface area contributed by atoms with Gasteiger partial charge < -0.3 is 10.6 Å². The van der Waals surface area contributed by atoms with Crippen LogP contribution in [0.4, 0.5) is 8.78 Å². The van der Waals surface area contributed by atoms with Crippen LogP contribution in [0.1, 0.15) is 34.1 Å². The quantitative estimate of drug-likeness (QED) is 0.740. The van der Waals surface area contributed by atoms with Crippen molar-refractivity contribution in [1.82, 2.24) is 10.6 Å². The first-order valence-electron chi connectivity index (χ1n) is 7.45. The van der Waals surface area contributed by atoms with Crippen molar-refractivity contribution in [3.05, 3.63) is 57.8 Å². The van der Waals surface area contributed by atoms with E-state index >= 15 is 0 Å². The number of hydrogen-bond donors (Lipinski definition) is 2. The van der Waals surface area contributed by atoms with E-state index in [9.17, 15) is 23.2 Å². The Labute approximate surface area is 147 Å². The number of nitrogens with one attached hydrogen (secondary N) is 2. The predicted molar refractivity (Wildman–Crippen MR) is 89.2 cm³/mol. The summed E-state index contributed by atoms with van der Waals surface area (Å²) in [5, 5.41) is 6.56. The number of ketones is 1. The number of carbonyl (C=O) groups excluding carboxylic acids is 3. The molecule has 2 N–H and O–H groups in total. The second kappa shape index (κ2) is 8.48. The maximum absolute atomic E-state index is 13.4. The average Bonchev–Trinajstić information content (AvgIpc) is 3.14. The molecule has 132 valence electrons. The normalized spacial score (nSPS) is 11.6. The first-order valence-corrected chi connectivity index (χ1v) is 8.33. The van der Waals surface area contributed by atoms with Crippen LogP contribution in [0.15, 0.2) is 35.7 Å². The number of likely N-dealkylation sites (N-methyl/N-ethyl adjacent to an activating group) is 1. The number of carbonyl (C=O) groups is 3. The van der Waals surface area contributed by atoms with Crippen molar-refractivity contribution in [3.8, 4) is 0 Å². The van der Waals surface area contributed by atoms with Gasteiger partial charge in [0.05, 0.1) is 4.88 Å². The minimum absolute atomic E-state index is 0.00934. The molecule has 5 nitrogen and oxygen atoms in total. The van der Waals surface area contributed by atoms with Crippen molar-refractivity contribution in [2.75, 3.05) is 7.05 Å². The zero-order chi connectivity index (χ0) is 18.4. The Kier molecular flexibility index (Phi) is 6.35. The Bertz CT molecular complexity index is 778. The van der Waals surface area contributed by atoms with Gasteiger partial charge in [0.15, 0.2) is 17.4 Å². The topological polar surface area (TPSA) is 75.3 Å². The summed E-state index contributed by atoms with van der Waals surface area (Å²) in [6, 6.07) is 5.18. The first kappa shape index (κ1) is 18.7. The average molecular weight is 366 g/mol. The maximum atomic E-state index is 13.4. The van der Waals surface area contributed by atoms with Crippen LogP contribution in [0.2, 0.25) is 0 Å². The molecular weight excluding hydrogens is 350 g/mol. The van der Waals surface area contributed by atoms with Crippen LogP contribution in [-0.2, 0) is 9.59 Å². The van der Waals surface area contributed by atoms with E-state index in [2.05, 4.69) is 10.6 Å². The molecule has 0 saturated heterocycles. The van der Waals surface area contributed by atoms with Crippen molar-refractivity contribution in [1.29, 1.82) is 0 Å². The molecule has 0 aliphatic rings. The molecule has 0 aliphatic carbocycles. The van der Waals surface area contributed by atoms with Crippen molar-refractivity contribution >= 4 is 28.9 Å². The van der Waals surface area contributed by atoms with Crippen molar-refractivity contribution in [3.63, 3.8) is 0 Å². The van der Waals surface area contributed by atoms with Crippen molar-refractivity contribution < 1.29 is 23.2 Å². The molecule has 8 heteroatoms. The zero-order valence-electron chi connectivity index (χ0n) is 13.3. The van der Waals surface area contributed by atoms with E-state index in [1.165, 1.54) is 24.5 Å². The molecular formula is C17H16F2N2O3S. The number of rotatable bonds is 7. The Hall–Kier alpha value is -2.61. The highest BCUT2D eigenvalue weighted by atomic mass is 32.1. The monoisotopic (exact) mass is 366 g/mol. The lowest BCUT2D eigenvalue weighted by molar-refractivity contribution is -0.128. The zero-order valence-corrected chi connectivity index (χ0v) is 14.2. The van der Waals surface area contributed by atoms with E-state index < -0.39 is 29.5 Å². The molecule has 2 rings (SSSR count). The van der Waals surface area contributed by atoms with Crippen LogP contribution in [0, 0.1) is 11.6 Å². The summed E-state index contributed by atoms with van der Waals surface area (Å²) in [6.45, 7) is 0. The molecule has 25 heavy (non-hydrogen) atoms. The van der Waals surface area contributed by atoms with Gasteiger partial charge in [-0.15, -0.1) is 11.3 Å². The molecule has 0 spiro atoms. The second-order valence-corrected chi connectivity index (χ2v) is 6.14. The second-order valence-electron chi connectivity index (χ2n) is 5.19. The van der Waals surface area contributed by atoms with Crippen LogP contribution in [0.5, 0.6) is 0 Å². The van der Waals surface area contributed by atoms with Gasteiger partial charge >= 0.3 is 0 Å². The fraction of sp³-hybridized carbons (Fsp3) is 0.235. The number of amides is 2. The third-order valence-electron chi connectivity index (χ3n) is 3.47. The summed E-state index contributed by atoms with van der Waals surface area (Å²) in [7, 11) is 1.36. The van der Waals surface area contributed by atoms with E-state index in [1.54, 1.807) is 17.5 Å². The summed E-state index contributed by atoms with van der Waals surface area (Å²) in [5.41, 5.74) is 0.108. The van der Waals surface area contributed by atoms with Crippen LogP contribution in [-0.4, -0.2) is 24.6 Å². The van der Waals surface area contributed by atoms with Gasteiger partial charge in [-0.05, 0) is 29.1 Å². The molecule has 0 fully saturated rings. The van der Waals surface area contributed by atoms with Gasteiger partial charge in [0.2, 0.25) is 11.8 Å².